The molecule has 2 aromatic carbocycles. The SMILES string of the molecule is Fc1cccc(Cl)c1/C=N/n1c(-c2ccc(Cl)cc2Cl)n[nH]c1=S. The summed E-state index contributed by atoms with van der Waals surface area (Å²) in [5, 5.41) is 12.0. The van der Waals surface area contributed by atoms with Crippen LogP contribution in [-0.4, -0.2) is 21.1 Å². The van der Waals surface area contributed by atoms with Gasteiger partial charge in [-0.15, -0.1) is 0 Å². The molecule has 3 rings (SSSR count). The van der Waals surface area contributed by atoms with Crippen molar-refractivity contribution in [3.05, 3.63) is 67.6 Å². The molecule has 1 heterocycles. The molecule has 0 aliphatic carbocycles. The summed E-state index contributed by atoms with van der Waals surface area (Å²) >= 11 is 23.2. The fourth-order valence-electron chi connectivity index (χ4n) is 1.99. The Hall–Kier alpha value is -1.73. The van der Waals surface area contributed by atoms with Gasteiger partial charge in [-0.25, -0.2) is 9.49 Å². The van der Waals surface area contributed by atoms with Gasteiger partial charge in [-0.2, -0.15) is 14.9 Å². The largest absolute Gasteiger partial charge is 0.250 e. The summed E-state index contributed by atoms with van der Waals surface area (Å²) in [5.74, 6) is -0.127. The highest BCUT2D eigenvalue weighted by atomic mass is 35.5. The highest BCUT2D eigenvalue weighted by Crippen LogP contribution is 2.29. The molecule has 0 saturated carbocycles. The summed E-state index contributed by atoms with van der Waals surface area (Å²) in [6.45, 7) is 0. The van der Waals surface area contributed by atoms with Crippen LogP contribution in [-0.2, 0) is 0 Å². The van der Waals surface area contributed by atoms with E-state index in [9.17, 15) is 4.39 Å². The molecule has 0 atom stereocenters. The fourth-order valence-corrected chi connectivity index (χ4v) is 2.88. The van der Waals surface area contributed by atoms with Crippen LogP contribution in [0, 0.1) is 10.6 Å². The van der Waals surface area contributed by atoms with Crippen LogP contribution < -0.4 is 0 Å². The highest BCUT2D eigenvalue weighted by Gasteiger charge is 2.13. The first-order valence-electron chi connectivity index (χ1n) is 6.58. The molecule has 1 aromatic heterocycles. The lowest BCUT2D eigenvalue weighted by Gasteiger charge is -2.04. The number of nitrogens with one attached hydrogen (secondary N) is 1. The zero-order chi connectivity index (χ0) is 17.3. The summed E-state index contributed by atoms with van der Waals surface area (Å²) < 4.78 is 15.4. The molecule has 0 unspecified atom stereocenters. The van der Waals surface area contributed by atoms with Crippen molar-refractivity contribution in [2.24, 2.45) is 5.10 Å². The molecule has 1 N–H and O–H groups in total. The third-order valence-electron chi connectivity index (χ3n) is 3.12. The number of nitrogens with zero attached hydrogens (tertiary/aromatic N) is 3. The first-order chi connectivity index (χ1) is 11.5. The number of halogens is 4. The fraction of sp³-hybridized carbons (Fsp3) is 0. The van der Waals surface area contributed by atoms with Gasteiger partial charge in [0.1, 0.15) is 5.82 Å². The van der Waals surface area contributed by atoms with Crippen LogP contribution in [0.5, 0.6) is 0 Å². The molecular weight excluding hydrogens is 394 g/mol. The number of benzene rings is 2. The van der Waals surface area contributed by atoms with Crippen LogP contribution in [0.3, 0.4) is 0 Å². The minimum absolute atomic E-state index is 0.149. The minimum atomic E-state index is -0.493. The van der Waals surface area contributed by atoms with Crippen molar-refractivity contribution in [3.63, 3.8) is 0 Å². The Bertz CT molecular complexity index is 976. The molecule has 0 aliphatic rings. The zero-order valence-corrected chi connectivity index (χ0v) is 14.9. The van der Waals surface area contributed by atoms with Crippen molar-refractivity contribution in [2.75, 3.05) is 0 Å². The molecule has 0 fully saturated rings. The maximum Gasteiger partial charge on any atom is 0.216 e. The van der Waals surface area contributed by atoms with E-state index in [-0.39, 0.29) is 15.4 Å². The standard InChI is InChI=1S/C15H8Cl3FN4S/c16-8-4-5-9(12(18)6-8)14-21-22-15(24)23(14)20-7-10-11(17)2-1-3-13(10)19/h1-7H,(H,22,24)/b20-7+. The summed E-state index contributed by atoms with van der Waals surface area (Å²) in [6.07, 6.45) is 1.27. The Kier molecular flexibility index (Phi) is 5.01. The quantitative estimate of drug-likeness (QED) is 0.459. The Labute approximate surface area is 156 Å². The van der Waals surface area contributed by atoms with Crippen molar-refractivity contribution in [1.82, 2.24) is 14.9 Å². The molecule has 9 heteroatoms. The number of aromatic amines is 1. The average molecular weight is 402 g/mol. The topological polar surface area (TPSA) is 46.0 Å². The van der Waals surface area contributed by atoms with Crippen LogP contribution >= 0.6 is 47.0 Å². The van der Waals surface area contributed by atoms with E-state index in [1.165, 1.54) is 23.0 Å². The molecule has 0 spiro atoms. The number of rotatable bonds is 3. The maximum atomic E-state index is 13.8. The van der Waals surface area contributed by atoms with Crippen molar-refractivity contribution >= 4 is 53.2 Å². The Balaban J connectivity index is 2.09. The van der Waals surface area contributed by atoms with E-state index < -0.39 is 5.82 Å². The normalized spacial score (nSPS) is 11.3. The number of hydrogen-bond donors (Lipinski definition) is 1. The lowest BCUT2D eigenvalue weighted by Crippen LogP contribution is -1.97. The lowest BCUT2D eigenvalue weighted by molar-refractivity contribution is 0.625. The predicted molar refractivity (Wildman–Crippen MR) is 97.3 cm³/mol. The Morgan fingerprint density at radius 1 is 1.17 bits per heavy atom. The maximum absolute atomic E-state index is 13.8. The molecule has 0 bridgehead atoms. The molecule has 122 valence electrons. The van der Waals surface area contributed by atoms with Gasteiger partial charge in [-0.05, 0) is 42.5 Å². The second-order valence-electron chi connectivity index (χ2n) is 4.67. The van der Waals surface area contributed by atoms with Gasteiger partial charge in [-0.3, -0.25) is 0 Å². The van der Waals surface area contributed by atoms with Crippen molar-refractivity contribution < 1.29 is 4.39 Å². The van der Waals surface area contributed by atoms with E-state index in [2.05, 4.69) is 15.3 Å². The average Bonchev–Trinajstić information content (AvgIpc) is 2.88. The van der Waals surface area contributed by atoms with Gasteiger partial charge in [0.15, 0.2) is 5.82 Å². The van der Waals surface area contributed by atoms with Gasteiger partial charge in [0.2, 0.25) is 4.77 Å². The molecule has 24 heavy (non-hydrogen) atoms. The van der Waals surface area contributed by atoms with Crippen molar-refractivity contribution in [2.45, 2.75) is 0 Å². The van der Waals surface area contributed by atoms with Crippen LogP contribution in [0.4, 0.5) is 4.39 Å². The first-order valence-corrected chi connectivity index (χ1v) is 8.13. The van der Waals surface area contributed by atoms with E-state index in [4.69, 9.17) is 47.0 Å². The molecule has 0 radical (unpaired) electrons. The van der Waals surface area contributed by atoms with Crippen LogP contribution in [0.1, 0.15) is 5.56 Å². The summed E-state index contributed by atoms with van der Waals surface area (Å²) in [6, 6.07) is 9.31. The summed E-state index contributed by atoms with van der Waals surface area (Å²) in [5.41, 5.74) is 0.723. The molecule has 3 aromatic rings. The van der Waals surface area contributed by atoms with Crippen LogP contribution in [0.25, 0.3) is 11.4 Å². The predicted octanol–water partition coefficient (Wildman–Crippen LogP) is 5.59. The van der Waals surface area contributed by atoms with Gasteiger partial charge in [0, 0.05) is 16.1 Å². The van der Waals surface area contributed by atoms with Gasteiger partial charge in [-0.1, -0.05) is 40.9 Å². The summed E-state index contributed by atoms with van der Waals surface area (Å²) in [7, 11) is 0. The van der Waals surface area contributed by atoms with Crippen molar-refractivity contribution in [3.8, 4) is 11.4 Å². The van der Waals surface area contributed by atoms with E-state index in [0.717, 1.165) is 0 Å². The summed E-state index contributed by atoms with van der Waals surface area (Å²) in [4.78, 5) is 0. The second-order valence-corrected chi connectivity index (χ2v) is 6.31. The van der Waals surface area contributed by atoms with Gasteiger partial charge >= 0.3 is 0 Å². The molecule has 0 aliphatic heterocycles. The van der Waals surface area contributed by atoms with Gasteiger partial charge in [0.25, 0.3) is 0 Å². The highest BCUT2D eigenvalue weighted by molar-refractivity contribution is 7.71. The van der Waals surface area contributed by atoms with Gasteiger partial charge < -0.3 is 0 Å². The van der Waals surface area contributed by atoms with E-state index in [1.54, 1.807) is 24.3 Å². The number of H-pyrrole nitrogens is 1. The van der Waals surface area contributed by atoms with E-state index in [0.29, 0.717) is 21.4 Å². The lowest BCUT2D eigenvalue weighted by atomic mass is 10.2. The molecule has 4 nitrogen and oxygen atoms in total. The third kappa shape index (κ3) is 3.37. The minimum Gasteiger partial charge on any atom is -0.250 e. The number of aromatic nitrogens is 3. The van der Waals surface area contributed by atoms with Crippen LogP contribution in [0.15, 0.2) is 41.5 Å². The molecule has 0 saturated heterocycles. The first kappa shape index (κ1) is 17.1. The van der Waals surface area contributed by atoms with Crippen LogP contribution in [0.2, 0.25) is 15.1 Å². The molecular formula is C15H8Cl3FN4S. The Morgan fingerprint density at radius 3 is 2.67 bits per heavy atom. The van der Waals surface area contributed by atoms with Gasteiger partial charge in [0.05, 0.1) is 16.3 Å². The van der Waals surface area contributed by atoms with Crippen molar-refractivity contribution in [1.29, 1.82) is 0 Å². The Morgan fingerprint density at radius 2 is 1.96 bits per heavy atom. The van der Waals surface area contributed by atoms with E-state index >= 15 is 0 Å². The third-order valence-corrected chi connectivity index (χ3v) is 4.27. The monoisotopic (exact) mass is 400 g/mol. The zero-order valence-electron chi connectivity index (χ0n) is 11.8. The second kappa shape index (κ2) is 7.03. The molecule has 0 amide bonds. The number of hydrogen-bond acceptors (Lipinski definition) is 3. The van der Waals surface area contributed by atoms with E-state index in [1.807, 2.05) is 0 Å². The smallest absolute Gasteiger partial charge is 0.216 e.